The molecule has 5 aliphatic rings. The Morgan fingerprint density at radius 1 is 0.981 bits per heavy atom. The molecule has 10 atom stereocenters. The number of aliphatic carboxylic acids is 1. The second-order valence-corrected chi connectivity index (χ2v) is 13.7. The first kappa shape index (κ1) is 37.0. The molecule has 276 valence electrons. The molecule has 1 saturated carbocycles. The topological polar surface area (TPSA) is 247 Å². The van der Waals surface area contributed by atoms with E-state index in [1.54, 1.807) is 13.8 Å². The number of phenols is 1. The van der Waals surface area contributed by atoms with Gasteiger partial charge in [0.2, 0.25) is 11.4 Å². The van der Waals surface area contributed by atoms with Crippen molar-refractivity contribution in [1.29, 1.82) is 0 Å². The van der Waals surface area contributed by atoms with Gasteiger partial charge in [-0.25, -0.2) is 9.59 Å². The van der Waals surface area contributed by atoms with E-state index in [2.05, 4.69) is 0 Å². The van der Waals surface area contributed by atoms with Gasteiger partial charge in [-0.1, -0.05) is 54.2 Å². The number of ether oxygens (including phenoxy) is 4. The summed E-state index contributed by atoms with van der Waals surface area (Å²) in [6.07, 6.45) is 3.02. The SMILES string of the molecule is CC(=O)O[C@@H]1[C@@H](C)O[C@@H](c2ccc3c(c2O)C(O)C24OC2(C3=O)C2(O)C(=O)C=C(C)CC2(O)CC4O)C[C@H]1OC(=O)/C=C/C=C/C=C/C=C/C(=O)O. The Hall–Kier alpha value is -4.77. The fraction of sp³-hybridized carbons (Fsp3) is 0.432. The smallest absolute Gasteiger partial charge is 0.331 e. The van der Waals surface area contributed by atoms with Crippen molar-refractivity contribution >= 4 is 29.5 Å². The Labute approximate surface area is 296 Å². The summed E-state index contributed by atoms with van der Waals surface area (Å²) in [5.74, 6) is -5.24. The van der Waals surface area contributed by atoms with E-state index in [0.29, 0.717) is 5.57 Å². The molecule has 0 radical (unpaired) electrons. The van der Waals surface area contributed by atoms with E-state index in [-0.39, 0.29) is 29.5 Å². The number of fused-ring (bicyclic) bond motifs is 2. The van der Waals surface area contributed by atoms with Crippen LogP contribution in [0.4, 0.5) is 0 Å². The number of ketones is 2. The average Bonchev–Trinajstić information content (AvgIpc) is 3.79. The van der Waals surface area contributed by atoms with Crippen LogP contribution in [0.3, 0.4) is 0 Å². The highest BCUT2D eigenvalue weighted by Gasteiger charge is 2.96. The molecule has 52 heavy (non-hydrogen) atoms. The van der Waals surface area contributed by atoms with Crippen molar-refractivity contribution in [2.24, 2.45) is 0 Å². The quantitative estimate of drug-likeness (QED) is 0.0958. The Morgan fingerprint density at radius 3 is 2.29 bits per heavy atom. The molecular formula is C37H38O15. The fourth-order valence-corrected chi connectivity index (χ4v) is 8.29. The van der Waals surface area contributed by atoms with E-state index in [1.165, 1.54) is 55.5 Å². The highest BCUT2D eigenvalue weighted by molar-refractivity contribution is 6.17. The predicted molar refractivity (Wildman–Crippen MR) is 175 cm³/mol. The standard InChI is InChI=1S/C37H38O15/c1-18-14-25(39)36(48)34(47,16-18)17-26(40)35-33(46)29-22(32(45)37(35,36)52-35)13-12-21(30(29)44)23-15-24(31(19(2)49-23)50-20(3)38)51-28(43)11-9-7-5-4-6-8-10-27(41)42/h4-14,19,23-24,26,31,33,40,44,46-48H,15-17H2,1-3H3,(H,41,42)/b6-4+,7-5+,10-8+,11-9+/t19-,23-,24-,26?,31-,33?,34?,35?,36?,37?/m1/s1. The van der Waals surface area contributed by atoms with Gasteiger partial charge in [0.15, 0.2) is 23.1 Å². The zero-order valence-electron chi connectivity index (χ0n) is 28.3. The van der Waals surface area contributed by atoms with Crippen molar-refractivity contribution in [3.63, 3.8) is 0 Å². The summed E-state index contributed by atoms with van der Waals surface area (Å²) in [6.45, 7) is 4.28. The van der Waals surface area contributed by atoms with Gasteiger partial charge in [0, 0.05) is 55.0 Å². The molecular weight excluding hydrogens is 684 g/mol. The molecule has 6 unspecified atom stereocenters. The zero-order chi connectivity index (χ0) is 38.0. The second kappa shape index (κ2) is 13.0. The van der Waals surface area contributed by atoms with Crippen LogP contribution in [0.25, 0.3) is 0 Å². The lowest BCUT2D eigenvalue weighted by Crippen LogP contribution is -2.78. The number of epoxide rings is 1. The summed E-state index contributed by atoms with van der Waals surface area (Å²) in [4.78, 5) is 62.9. The molecule has 2 aliphatic heterocycles. The Bertz CT molecular complexity index is 1890. The number of carboxylic acids is 1. The van der Waals surface area contributed by atoms with Crippen LogP contribution in [-0.4, -0.2) is 107 Å². The molecule has 15 nitrogen and oxygen atoms in total. The maximum atomic E-state index is 14.3. The molecule has 3 fully saturated rings. The summed E-state index contributed by atoms with van der Waals surface area (Å²) >= 11 is 0. The molecule has 2 saturated heterocycles. The van der Waals surface area contributed by atoms with E-state index in [0.717, 1.165) is 18.2 Å². The van der Waals surface area contributed by atoms with E-state index < -0.39 is 101 Å². The summed E-state index contributed by atoms with van der Waals surface area (Å²) in [6, 6.07) is 2.56. The first-order chi connectivity index (χ1) is 24.4. The minimum absolute atomic E-state index is 0.0411. The summed E-state index contributed by atoms with van der Waals surface area (Å²) in [5, 5.41) is 66.9. The predicted octanol–water partition coefficient (Wildman–Crippen LogP) is 1.28. The second-order valence-electron chi connectivity index (χ2n) is 13.7. The number of hydrogen-bond acceptors (Lipinski definition) is 14. The number of carboxylic acid groups (broad SMARTS) is 1. The van der Waals surface area contributed by atoms with Crippen molar-refractivity contribution in [1.82, 2.24) is 0 Å². The molecule has 0 aromatic heterocycles. The third-order valence-corrected chi connectivity index (χ3v) is 10.4. The molecule has 6 N–H and O–H groups in total. The maximum Gasteiger partial charge on any atom is 0.331 e. The van der Waals surface area contributed by atoms with Gasteiger partial charge < -0.3 is 49.6 Å². The Balaban J connectivity index is 1.29. The van der Waals surface area contributed by atoms with Gasteiger partial charge in [-0.15, -0.1) is 0 Å². The minimum Gasteiger partial charge on any atom is -0.507 e. The fourth-order valence-electron chi connectivity index (χ4n) is 8.29. The molecule has 1 aromatic carbocycles. The molecule has 0 bridgehead atoms. The van der Waals surface area contributed by atoms with Gasteiger partial charge in [0.25, 0.3) is 0 Å². The van der Waals surface area contributed by atoms with Crippen molar-refractivity contribution in [3.8, 4) is 5.75 Å². The number of esters is 2. The monoisotopic (exact) mass is 722 g/mol. The summed E-state index contributed by atoms with van der Waals surface area (Å²) in [7, 11) is 0. The Kier molecular flexibility index (Phi) is 9.26. The zero-order valence-corrected chi connectivity index (χ0v) is 28.3. The van der Waals surface area contributed by atoms with Crippen LogP contribution in [0.5, 0.6) is 5.75 Å². The lowest BCUT2D eigenvalue weighted by Gasteiger charge is -2.54. The van der Waals surface area contributed by atoms with Gasteiger partial charge in [0.05, 0.1) is 18.3 Å². The number of Topliss-reactive ketones (excluding diaryl/α,β-unsaturated/α-hetero) is 1. The van der Waals surface area contributed by atoms with Gasteiger partial charge in [-0.2, -0.15) is 0 Å². The van der Waals surface area contributed by atoms with Gasteiger partial charge >= 0.3 is 17.9 Å². The number of phenolic OH excluding ortho intramolecular Hbond substituents is 1. The normalized spacial score (nSPS) is 38.1. The molecule has 0 amide bonds. The third-order valence-electron chi connectivity index (χ3n) is 10.4. The highest BCUT2D eigenvalue weighted by atomic mass is 16.7. The number of carbonyl (C=O) groups excluding carboxylic acids is 4. The lowest BCUT2D eigenvalue weighted by atomic mass is 9.50. The average molecular weight is 723 g/mol. The van der Waals surface area contributed by atoms with Crippen LogP contribution in [0.15, 0.2) is 72.4 Å². The van der Waals surface area contributed by atoms with E-state index in [4.69, 9.17) is 24.1 Å². The molecule has 0 spiro atoms. The third kappa shape index (κ3) is 5.38. The Morgan fingerprint density at radius 2 is 1.63 bits per heavy atom. The van der Waals surface area contributed by atoms with Crippen LogP contribution in [0.2, 0.25) is 0 Å². The van der Waals surface area contributed by atoms with E-state index >= 15 is 0 Å². The number of aromatic hydroxyl groups is 1. The first-order valence-corrected chi connectivity index (χ1v) is 16.5. The lowest BCUT2D eigenvalue weighted by molar-refractivity contribution is -0.210. The van der Waals surface area contributed by atoms with Crippen LogP contribution < -0.4 is 0 Å². The number of rotatable bonds is 8. The van der Waals surface area contributed by atoms with Gasteiger partial charge in [0.1, 0.15) is 23.6 Å². The number of allylic oxidation sites excluding steroid dienone is 6. The van der Waals surface area contributed by atoms with E-state index in [1.807, 2.05) is 0 Å². The largest absolute Gasteiger partial charge is 0.507 e. The van der Waals surface area contributed by atoms with E-state index in [9.17, 15) is 49.5 Å². The molecule has 3 aliphatic carbocycles. The molecule has 2 heterocycles. The van der Waals surface area contributed by atoms with Crippen molar-refractivity contribution in [2.75, 3.05) is 0 Å². The summed E-state index contributed by atoms with van der Waals surface area (Å²) < 4.78 is 23.0. The molecule has 1 aromatic rings. The maximum absolute atomic E-state index is 14.3. The minimum atomic E-state index is -2.85. The number of carbonyl (C=O) groups is 5. The van der Waals surface area contributed by atoms with Crippen LogP contribution in [0.1, 0.15) is 73.7 Å². The van der Waals surface area contributed by atoms with Gasteiger partial charge in [-0.05, 0) is 19.9 Å². The number of aliphatic hydroxyl groups is 4. The number of aliphatic hydroxyl groups excluding tert-OH is 2. The van der Waals surface area contributed by atoms with Crippen LogP contribution in [0, 0.1) is 0 Å². The van der Waals surface area contributed by atoms with Crippen LogP contribution in [-0.2, 0) is 38.1 Å². The van der Waals surface area contributed by atoms with Crippen molar-refractivity contribution in [3.05, 3.63) is 89.1 Å². The van der Waals surface area contributed by atoms with Crippen molar-refractivity contribution in [2.45, 2.75) is 99.1 Å². The number of benzene rings is 1. The summed E-state index contributed by atoms with van der Waals surface area (Å²) in [5.41, 5.74) is -10.2. The van der Waals surface area contributed by atoms with Gasteiger partial charge in [-0.3, -0.25) is 14.4 Å². The number of hydrogen-bond donors (Lipinski definition) is 6. The van der Waals surface area contributed by atoms with Crippen LogP contribution >= 0.6 is 0 Å². The molecule has 6 rings (SSSR count). The van der Waals surface area contributed by atoms with Crippen molar-refractivity contribution < 1.29 is 73.6 Å². The first-order valence-electron chi connectivity index (χ1n) is 16.5. The highest BCUT2D eigenvalue weighted by Crippen LogP contribution is 2.73. The molecule has 15 heteroatoms.